The molecule has 1 N–H and O–H groups in total. The highest BCUT2D eigenvalue weighted by molar-refractivity contribution is 5.73. The molecule has 88 valence electrons. The highest BCUT2D eigenvalue weighted by Gasteiger charge is 2.33. The van der Waals surface area contributed by atoms with Crippen LogP contribution in [0.3, 0.4) is 0 Å². The first-order valence-corrected chi connectivity index (χ1v) is 5.54. The van der Waals surface area contributed by atoms with Gasteiger partial charge in [0.25, 0.3) is 0 Å². The number of morpholine rings is 1. The van der Waals surface area contributed by atoms with E-state index in [-0.39, 0.29) is 18.1 Å². The average molecular weight is 215 g/mol. The van der Waals surface area contributed by atoms with Crippen LogP contribution in [0, 0.1) is 5.92 Å². The van der Waals surface area contributed by atoms with Crippen LogP contribution in [-0.4, -0.2) is 47.3 Å². The summed E-state index contributed by atoms with van der Waals surface area (Å²) in [6, 6.07) is -0.390. The van der Waals surface area contributed by atoms with Gasteiger partial charge in [0, 0.05) is 13.1 Å². The summed E-state index contributed by atoms with van der Waals surface area (Å²) in [6.45, 7) is 9.29. The van der Waals surface area contributed by atoms with Crippen molar-refractivity contribution in [3.63, 3.8) is 0 Å². The zero-order chi connectivity index (χ0) is 11.6. The minimum Gasteiger partial charge on any atom is -0.480 e. The van der Waals surface area contributed by atoms with E-state index in [1.165, 1.54) is 0 Å². The Kier molecular flexibility index (Phi) is 4.11. The van der Waals surface area contributed by atoms with Crippen LogP contribution < -0.4 is 0 Å². The maximum Gasteiger partial charge on any atom is 0.321 e. The van der Waals surface area contributed by atoms with Crippen LogP contribution in [0.5, 0.6) is 0 Å². The molecule has 0 aromatic carbocycles. The van der Waals surface area contributed by atoms with Crippen LogP contribution in [0.15, 0.2) is 0 Å². The molecule has 0 amide bonds. The van der Waals surface area contributed by atoms with Crippen molar-refractivity contribution < 1.29 is 14.6 Å². The number of ether oxygens (including phenoxy) is 1. The Hall–Kier alpha value is -0.610. The lowest BCUT2D eigenvalue weighted by Crippen LogP contribution is -2.54. The first kappa shape index (κ1) is 12.5. The van der Waals surface area contributed by atoms with Gasteiger partial charge in [-0.15, -0.1) is 0 Å². The SMILES string of the molecule is CC(C)[C@H](C(=O)O)N1C[C@@H](C)O[C@H](C)C1. The van der Waals surface area contributed by atoms with Crippen molar-refractivity contribution in [3.05, 3.63) is 0 Å². The van der Waals surface area contributed by atoms with Crippen molar-refractivity contribution in [3.8, 4) is 0 Å². The second kappa shape index (κ2) is 4.94. The lowest BCUT2D eigenvalue weighted by molar-refractivity contribution is -0.151. The second-order valence-corrected chi connectivity index (χ2v) is 4.74. The Morgan fingerprint density at radius 2 is 1.80 bits per heavy atom. The number of carboxylic acid groups (broad SMARTS) is 1. The minimum absolute atomic E-state index is 0.120. The number of carboxylic acids is 1. The first-order valence-electron chi connectivity index (χ1n) is 5.54. The van der Waals surface area contributed by atoms with Gasteiger partial charge >= 0.3 is 5.97 Å². The Morgan fingerprint density at radius 3 is 2.13 bits per heavy atom. The largest absolute Gasteiger partial charge is 0.480 e. The van der Waals surface area contributed by atoms with Crippen molar-refractivity contribution in [2.24, 2.45) is 5.92 Å². The number of nitrogens with zero attached hydrogens (tertiary/aromatic N) is 1. The van der Waals surface area contributed by atoms with Crippen LogP contribution in [0.2, 0.25) is 0 Å². The maximum atomic E-state index is 11.2. The topological polar surface area (TPSA) is 49.8 Å². The van der Waals surface area contributed by atoms with E-state index in [2.05, 4.69) is 0 Å². The van der Waals surface area contributed by atoms with Crippen LogP contribution in [0.1, 0.15) is 27.7 Å². The summed E-state index contributed by atoms with van der Waals surface area (Å²) < 4.78 is 5.59. The molecule has 3 atom stereocenters. The third kappa shape index (κ3) is 3.18. The second-order valence-electron chi connectivity index (χ2n) is 4.74. The van der Waals surface area contributed by atoms with Crippen molar-refractivity contribution in [2.75, 3.05) is 13.1 Å². The van der Waals surface area contributed by atoms with E-state index in [0.717, 1.165) is 0 Å². The van der Waals surface area contributed by atoms with Gasteiger partial charge in [-0.2, -0.15) is 0 Å². The average Bonchev–Trinajstić information content (AvgIpc) is 1.99. The Morgan fingerprint density at radius 1 is 1.33 bits per heavy atom. The molecule has 0 unspecified atom stereocenters. The molecular weight excluding hydrogens is 194 g/mol. The van der Waals surface area contributed by atoms with Crippen LogP contribution in [0.25, 0.3) is 0 Å². The fourth-order valence-corrected chi connectivity index (χ4v) is 2.31. The Labute approximate surface area is 91.2 Å². The number of hydrogen-bond acceptors (Lipinski definition) is 3. The molecule has 0 saturated carbocycles. The highest BCUT2D eigenvalue weighted by atomic mass is 16.5. The quantitative estimate of drug-likeness (QED) is 0.768. The summed E-state index contributed by atoms with van der Waals surface area (Å²) in [5.41, 5.74) is 0. The van der Waals surface area contributed by atoms with Gasteiger partial charge in [-0.3, -0.25) is 9.69 Å². The predicted octanol–water partition coefficient (Wildman–Crippen LogP) is 1.20. The summed E-state index contributed by atoms with van der Waals surface area (Å²) in [6.07, 6.45) is 0.240. The van der Waals surface area contributed by atoms with Crippen molar-refractivity contribution in [1.29, 1.82) is 0 Å². The van der Waals surface area contributed by atoms with Crippen molar-refractivity contribution in [1.82, 2.24) is 4.90 Å². The zero-order valence-electron chi connectivity index (χ0n) is 9.93. The van der Waals surface area contributed by atoms with E-state index in [1.807, 2.05) is 32.6 Å². The van der Waals surface area contributed by atoms with Crippen molar-refractivity contribution >= 4 is 5.97 Å². The van der Waals surface area contributed by atoms with Gasteiger partial charge in [-0.05, 0) is 19.8 Å². The summed E-state index contributed by atoms with van der Waals surface area (Å²) in [5.74, 6) is -0.605. The predicted molar refractivity (Wildman–Crippen MR) is 57.8 cm³/mol. The molecule has 4 nitrogen and oxygen atoms in total. The molecule has 0 aliphatic carbocycles. The third-order valence-electron chi connectivity index (χ3n) is 2.73. The van der Waals surface area contributed by atoms with E-state index >= 15 is 0 Å². The van der Waals surface area contributed by atoms with Gasteiger partial charge in [0.15, 0.2) is 0 Å². The molecule has 0 aromatic heterocycles. The number of aliphatic carboxylic acids is 1. The van der Waals surface area contributed by atoms with Crippen LogP contribution in [-0.2, 0) is 9.53 Å². The molecule has 1 aliphatic rings. The fourth-order valence-electron chi connectivity index (χ4n) is 2.31. The molecule has 15 heavy (non-hydrogen) atoms. The third-order valence-corrected chi connectivity index (χ3v) is 2.73. The normalized spacial score (nSPS) is 30.5. The number of hydrogen-bond donors (Lipinski definition) is 1. The monoisotopic (exact) mass is 215 g/mol. The maximum absolute atomic E-state index is 11.2. The standard InChI is InChI=1S/C11H21NO3/c1-7(2)10(11(13)14)12-5-8(3)15-9(4)6-12/h7-10H,5-6H2,1-4H3,(H,13,14)/t8-,9-,10-/m1/s1. The Bertz CT molecular complexity index is 220. The molecular formula is C11H21NO3. The molecule has 1 saturated heterocycles. The molecule has 0 aromatic rings. The lowest BCUT2D eigenvalue weighted by atomic mass is 10.0. The van der Waals surface area contributed by atoms with Crippen LogP contribution >= 0.6 is 0 Å². The Balaban J connectivity index is 2.70. The number of rotatable bonds is 3. The van der Waals surface area contributed by atoms with E-state index in [4.69, 9.17) is 4.74 Å². The smallest absolute Gasteiger partial charge is 0.321 e. The molecule has 1 rings (SSSR count). The van der Waals surface area contributed by atoms with Gasteiger partial charge in [-0.25, -0.2) is 0 Å². The van der Waals surface area contributed by atoms with Gasteiger partial charge in [0.1, 0.15) is 6.04 Å². The molecule has 0 spiro atoms. The van der Waals surface area contributed by atoms with Crippen molar-refractivity contribution in [2.45, 2.75) is 45.9 Å². The van der Waals surface area contributed by atoms with E-state index < -0.39 is 12.0 Å². The molecule has 0 radical (unpaired) electrons. The van der Waals surface area contributed by atoms with Gasteiger partial charge in [0.2, 0.25) is 0 Å². The van der Waals surface area contributed by atoms with Gasteiger partial charge in [0.05, 0.1) is 12.2 Å². The molecule has 1 fully saturated rings. The highest BCUT2D eigenvalue weighted by Crippen LogP contribution is 2.18. The van der Waals surface area contributed by atoms with Gasteiger partial charge < -0.3 is 9.84 Å². The first-order chi connectivity index (χ1) is 6.91. The minimum atomic E-state index is -0.730. The van der Waals surface area contributed by atoms with E-state index in [9.17, 15) is 9.90 Å². The molecule has 0 bridgehead atoms. The summed E-state index contributed by atoms with van der Waals surface area (Å²) >= 11 is 0. The van der Waals surface area contributed by atoms with Gasteiger partial charge in [-0.1, -0.05) is 13.8 Å². The van der Waals surface area contributed by atoms with Crippen LogP contribution in [0.4, 0.5) is 0 Å². The molecule has 4 heteroatoms. The van der Waals surface area contributed by atoms with E-state index in [0.29, 0.717) is 13.1 Å². The molecule has 1 aliphatic heterocycles. The summed E-state index contributed by atoms with van der Waals surface area (Å²) in [7, 11) is 0. The molecule has 1 heterocycles. The fraction of sp³-hybridized carbons (Fsp3) is 0.909. The summed E-state index contributed by atoms with van der Waals surface area (Å²) in [5, 5.41) is 9.19. The van der Waals surface area contributed by atoms with E-state index in [1.54, 1.807) is 0 Å². The lowest BCUT2D eigenvalue weighted by Gasteiger charge is -2.39. The zero-order valence-corrected chi connectivity index (χ0v) is 9.93. The number of carbonyl (C=O) groups is 1. The summed E-state index contributed by atoms with van der Waals surface area (Å²) in [4.78, 5) is 13.2.